The van der Waals surface area contributed by atoms with Crippen molar-refractivity contribution in [2.24, 2.45) is 0 Å². The highest BCUT2D eigenvalue weighted by Gasteiger charge is 2.11. The first-order valence-corrected chi connectivity index (χ1v) is 6.62. The first kappa shape index (κ1) is 11.7. The van der Waals surface area contributed by atoms with Gasteiger partial charge in [-0.15, -0.1) is 0 Å². The van der Waals surface area contributed by atoms with Crippen molar-refractivity contribution in [3.63, 3.8) is 0 Å². The van der Waals surface area contributed by atoms with Crippen LogP contribution in [0.1, 0.15) is 16.7 Å². The van der Waals surface area contributed by atoms with Gasteiger partial charge in [0, 0.05) is 14.1 Å². The van der Waals surface area contributed by atoms with Crippen LogP contribution < -0.4 is 0 Å². The van der Waals surface area contributed by atoms with E-state index in [-0.39, 0.29) is 0 Å². The molecule has 0 N–H and O–H groups in total. The summed E-state index contributed by atoms with van der Waals surface area (Å²) >= 11 is 6.77. The molecule has 1 aromatic carbocycles. The fourth-order valence-corrected chi connectivity index (χ4v) is 2.31. The van der Waals surface area contributed by atoms with Crippen LogP contribution in [0.3, 0.4) is 0 Å². The Bertz CT molecular complexity index is 436. The Hall–Kier alpha value is -0.800. The highest BCUT2D eigenvalue weighted by molar-refractivity contribution is 8.24. The average molecular weight is 249 g/mol. The van der Waals surface area contributed by atoms with Crippen molar-refractivity contribution in [2.75, 3.05) is 14.1 Å². The minimum atomic E-state index is 0.889. The molecule has 0 atom stereocenters. The van der Waals surface area contributed by atoms with E-state index in [0.717, 1.165) is 4.32 Å². The molecular formula is C13H15NS2. The van der Waals surface area contributed by atoms with E-state index in [1.54, 1.807) is 11.8 Å². The number of hydrogen-bond acceptors (Lipinski definition) is 2. The second kappa shape index (κ2) is 5.02. The van der Waals surface area contributed by atoms with Gasteiger partial charge in [0.2, 0.25) is 0 Å². The van der Waals surface area contributed by atoms with E-state index in [9.17, 15) is 0 Å². The Morgan fingerprint density at radius 2 is 2.06 bits per heavy atom. The Labute approximate surface area is 107 Å². The second-order valence-corrected chi connectivity index (χ2v) is 5.65. The molecule has 3 heteroatoms. The standard InChI is InChI=1S/C13H15NS2/c1-14(2)13(15)16-8-7-10-3-4-11-5-6-12(11)9-10/h3-4,7-9H,5-6H2,1-2H3/b8-7+. The molecule has 0 unspecified atom stereocenters. The van der Waals surface area contributed by atoms with Crippen molar-refractivity contribution in [1.29, 1.82) is 0 Å². The van der Waals surface area contributed by atoms with Gasteiger partial charge < -0.3 is 4.90 Å². The van der Waals surface area contributed by atoms with Crippen LogP contribution in [-0.2, 0) is 12.8 Å². The molecule has 0 saturated heterocycles. The predicted octanol–water partition coefficient (Wildman–Crippen LogP) is 3.34. The van der Waals surface area contributed by atoms with Gasteiger partial charge in [0.15, 0.2) is 0 Å². The summed E-state index contributed by atoms with van der Waals surface area (Å²) in [7, 11) is 3.93. The number of fused-ring (bicyclic) bond motifs is 1. The summed E-state index contributed by atoms with van der Waals surface area (Å²) in [6, 6.07) is 6.68. The number of hydrogen-bond donors (Lipinski definition) is 0. The van der Waals surface area contributed by atoms with E-state index in [4.69, 9.17) is 12.2 Å². The van der Waals surface area contributed by atoms with Gasteiger partial charge in [-0.25, -0.2) is 0 Å². The van der Waals surface area contributed by atoms with Crippen molar-refractivity contribution in [2.45, 2.75) is 12.8 Å². The summed E-state index contributed by atoms with van der Waals surface area (Å²) in [6.45, 7) is 0. The lowest BCUT2D eigenvalue weighted by molar-refractivity contribution is 0.648. The molecule has 0 saturated carbocycles. The lowest BCUT2D eigenvalue weighted by atomic mass is 9.87. The fraction of sp³-hybridized carbons (Fsp3) is 0.308. The van der Waals surface area contributed by atoms with E-state index in [1.165, 1.54) is 29.5 Å². The molecule has 2 rings (SSSR count). The van der Waals surface area contributed by atoms with Gasteiger partial charge in [-0.2, -0.15) is 0 Å². The normalized spacial score (nSPS) is 13.4. The van der Waals surface area contributed by atoms with Crippen molar-refractivity contribution in [1.82, 2.24) is 4.90 Å². The second-order valence-electron chi connectivity index (χ2n) is 4.11. The Morgan fingerprint density at radius 1 is 1.31 bits per heavy atom. The SMILES string of the molecule is CN(C)C(=S)S/C=C/c1ccc2c(c1)CC2. The van der Waals surface area contributed by atoms with Crippen LogP contribution >= 0.6 is 24.0 Å². The zero-order valence-electron chi connectivity index (χ0n) is 9.56. The van der Waals surface area contributed by atoms with E-state index >= 15 is 0 Å². The molecule has 1 nitrogen and oxygen atoms in total. The van der Waals surface area contributed by atoms with Gasteiger partial charge in [0.1, 0.15) is 4.32 Å². The third-order valence-corrected chi connectivity index (χ3v) is 4.18. The number of aryl methyl sites for hydroxylation is 2. The molecule has 0 amide bonds. The molecule has 0 fully saturated rings. The Morgan fingerprint density at radius 3 is 2.62 bits per heavy atom. The number of thioether (sulfide) groups is 1. The number of nitrogens with zero attached hydrogens (tertiary/aromatic N) is 1. The van der Waals surface area contributed by atoms with Crippen LogP contribution in [0.15, 0.2) is 23.6 Å². The molecule has 16 heavy (non-hydrogen) atoms. The molecule has 0 bridgehead atoms. The largest absolute Gasteiger partial charge is 0.363 e. The van der Waals surface area contributed by atoms with Gasteiger partial charge in [-0.1, -0.05) is 42.2 Å². The molecule has 1 aliphatic carbocycles. The third kappa shape index (κ3) is 2.66. The van der Waals surface area contributed by atoms with Crippen molar-refractivity contribution in [3.05, 3.63) is 40.3 Å². The molecule has 84 valence electrons. The smallest absolute Gasteiger partial charge is 0.140 e. The number of benzene rings is 1. The maximum absolute atomic E-state index is 5.19. The van der Waals surface area contributed by atoms with Crippen molar-refractivity contribution in [3.8, 4) is 0 Å². The minimum Gasteiger partial charge on any atom is -0.363 e. The van der Waals surface area contributed by atoms with Gasteiger partial charge in [-0.3, -0.25) is 0 Å². The van der Waals surface area contributed by atoms with Gasteiger partial charge in [-0.05, 0) is 41.0 Å². The average Bonchev–Trinajstić information content (AvgIpc) is 2.21. The topological polar surface area (TPSA) is 3.24 Å². The van der Waals surface area contributed by atoms with Gasteiger partial charge in [0.05, 0.1) is 0 Å². The van der Waals surface area contributed by atoms with Gasteiger partial charge in [0.25, 0.3) is 0 Å². The van der Waals surface area contributed by atoms with Crippen LogP contribution in [0, 0.1) is 0 Å². The van der Waals surface area contributed by atoms with Crippen LogP contribution in [-0.4, -0.2) is 23.3 Å². The quantitative estimate of drug-likeness (QED) is 0.740. The first-order valence-electron chi connectivity index (χ1n) is 5.33. The first-order chi connectivity index (χ1) is 7.66. The van der Waals surface area contributed by atoms with E-state index < -0.39 is 0 Å². The summed E-state index contributed by atoms with van der Waals surface area (Å²) in [5, 5.41) is 2.06. The third-order valence-electron chi connectivity index (χ3n) is 2.69. The minimum absolute atomic E-state index is 0.889. The maximum Gasteiger partial charge on any atom is 0.140 e. The van der Waals surface area contributed by atoms with Crippen LogP contribution in [0.2, 0.25) is 0 Å². The summed E-state index contributed by atoms with van der Waals surface area (Å²) in [6.07, 6.45) is 4.61. The summed E-state index contributed by atoms with van der Waals surface area (Å²) < 4.78 is 0.889. The van der Waals surface area contributed by atoms with Crippen LogP contribution in [0.25, 0.3) is 6.08 Å². The highest BCUT2D eigenvalue weighted by atomic mass is 32.2. The molecule has 0 aliphatic heterocycles. The zero-order valence-corrected chi connectivity index (χ0v) is 11.2. The number of thiocarbonyl (C=S) groups is 1. The number of rotatable bonds is 2. The fourth-order valence-electron chi connectivity index (χ4n) is 1.59. The molecule has 0 spiro atoms. The monoisotopic (exact) mass is 249 g/mol. The molecule has 1 aliphatic rings. The summed E-state index contributed by atoms with van der Waals surface area (Å²) in [5.74, 6) is 0. The predicted molar refractivity (Wildman–Crippen MR) is 76.8 cm³/mol. The van der Waals surface area contributed by atoms with Gasteiger partial charge >= 0.3 is 0 Å². The summed E-state index contributed by atoms with van der Waals surface area (Å²) in [5.41, 5.74) is 4.28. The molecule has 0 radical (unpaired) electrons. The Balaban J connectivity index is 1.96. The molecule has 0 aromatic heterocycles. The Kier molecular flexibility index (Phi) is 3.66. The lowest BCUT2D eigenvalue weighted by Crippen LogP contribution is -2.15. The molecular weight excluding hydrogens is 234 g/mol. The van der Waals surface area contributed by atoms with E-state index in [0.29, 0.717) is 0 Å². The lowest BCUT2D eigenvalue weighted by Gasteiger charge is -2.18. The van der Waals surface area contributed by atoms with Crippen molar-refractivity contribution < 1.29 is 0 Å². The van der Waals surface area contributed by atoms with E-state index in [1.807, 2.05) is 19.0 Å². The van der Waals surface area contributed by atoms with Crippen molar-refractivity contribution >= 4 is 34.4 Å². The molecule has 1 aromatic rings. The zero-order chi connectivity index (χ0) is 11.5. The highest BCUT2D eigenvalue weighted by Crippen LogP contribution is 2.24. The van der Waals surface area contributed by atoms with E-state index in [2.05, 4.69) is 29.7 Å². The molecule has 0 heterocycles. The summed E-state index contributed by atoms with van der Waals surface area (Å²) in [4.78, 5) is 1.95. The van der Waals surface area contributed by atoms with Crippen LogP contribution in [0.4, 0.5) is 0 Å². The van der Waals surface area contributed by atoms with Crippen LogP contribution in [0.5, 0.6) is 0 Å². The maximum atomic E-state index is 5.19.